The zero-order valence-electron chi connectivity index (χ0n) is 21.5. The van der Waals surface area contributed by atoms with Gasteiger partial charge in [0.05, 0.1) is 24.5 Å². The number of ether oxygens (including phenoxy) is 4. The number of halogens is 2. The zero-order valence-corrected chi connectivity index (χ0v) is 23.0. The first-order valence-electron chi connectivity index (χ1n) is 12.0. The van der Waals surface area contributed by atoms with Crippen molar-refractivity contribution in [3.8, 4) is 23.0 Å². The molecule has 0 bridgehead atoms. The summed E-state index contributed by atoms with van der Waals surface area (Å²) < 4.78 is 21.5. The number of hydrazone groups is 1. The highest BCUT2D eigenvalue weighted by molar-refractivity contribution is 6.31. The number of esters is 2. The maximum absolute atomic E-state index is 12.8. The molecule has 0 fully saturated rings. The summed E-state index contributed by atoms with van der Waals surface area (Å²) in [6.07, 6.45) is 1.28. The van der Waals surface area contributed by atoms with Crippen LogP contribution in [0.25, 0.3) is 0 Å². The molecule has 9 nitrogen and oxygen atoms in total. The first-order chi connectivity index (χ1) is 19.8. The van der Waals surface area contributed by atoms with Gasteiger partial charge < -0.3 is 18.9 Å². The molecule has 0 aliphatic heterocycles. The molecule has 0 aromatic heterocycles. The molecule has 0 aliphatic rings. The Balaban J connectivity index is 1.46. The van der Waals surface area contributed by atoms with Crippen LogP contribution in [0.15, 0.2) is 96.1 Å². The fraction of sp³-hybridized carbons (Fsp3) is 0.0667. The van der Waals surface area contributed by atoms with Gasteiger partial charge in [0.1, 0.15) is 23.0 Å². The van der Waals surface area contributed by atoms with Gasteiger partial charge in [-0.25, -0.2) is 15.0 Å². The second-order valence-corrected chi connectivity index (χ2v) is 9.12. The molecule has 11 heteroatoms. The maximum atomic E-state index is 12.8. The lowest BCUT2D eigenvalue weighted by Gasteiger charge is -2.11. The number of nitrogens with zero attached hydrogens (tertiary/aromatic N) is 1. The van der Waals surface area contributed by atoms with Crippen LogP contribution in [0, 0.1) is 0 Å². The zero-order chi connectivity index (χ0) is 29.2. The van der Waals surface area contributed by atoms with Gasteiger partial charge in [0.15, 0.2) is 6.61 Å². The Morgan fingerprint density at radius 3 is 1.85 bits per heavy atom. The summed E-state index contributed by atoms with van der Waals surface area (Å²) in [7, 11) is 1.55. The Hall–Kier alpha value is -4.86. The highest BCUT2D eigenvalue weighted by atomic mass is 35.5. The molecule has 0 atom stereocenters. The Kier molecular flexibility index (Phi) is 9.93. The van der Waals surface area contributed by atoms with Crippen LogP contribution in [0.1, 0.15) is 26.3 Å². The number of carbonyl (C=O) groups excluding carboxylic acids is 3. The van der Waals surface area contributed by atoms with Crippen LogP contribution < -0.4 is 24.4 Å². The average Bonchev–Trinajstić information content (AvgIpc) is 2.98. The Morgan fingerprint density at radius 1 is 0.732 bits per heavy atom. The number of nitrogens with one attached hydrogen (secondary N) is 1. The largest absolute Gasteiger partial charge is 0.497 e. The summed E-state index contributed by atoms with van der Waals surface area (Å²) in [5, 5.41) is 4.86. The van der Waals surface area contributed by atoms with Gasteiger partial charge in [0.2, 0.25) is 0 Å². The fourth-order valence-electron chi connectivity index (χ4n) is 3.30. The van der Waals surface area contributed by atoms with Crippen molar-refractivity contribution in [1.82, 2.24) is 5.43 Å². The second-order valence-electron chi connectivity index (χ2n) is 8.25. The van der Waals surface area contributed by atoms with E-state index in [1.54, 1.807) is 55.6 Å². The van der Waals surface area contributed by atoms with Gasteiger partial charge in [-0.15, -0.1) is 0 Å². The van der Waals surface area contributed by atoms with E-state index in [0.29, 0.717) is 27.1 Å². The highest BCUT2D eigenvalue weighted by Crippen LogP contribution is 2.26. The van der Waals surface area contributed by atoms with E-state index in [9.17, 15) is 14.4 Å². The monoisotopic (exact) mass is 592 g/mol. The molecule has 41 heavy (non-hydrogen) atoms. The Morgan fingerprint density at radius 2 is 1.27 bits per heavy atom. The topological polar surface area (TPSA) is 113 Å². The minimum Gasteiger partial charge on any atom is -0.497 e. The van der Waals surface area contributed by atoms with Crippen molar-refractivity contribution < 1.29 is 33.3 Å². The lowest BCUT2D eigenvalue weighted by atomic mass is 10.2. The minimum absolute atomic E-state index is 0.0267. The minimum atomic E-state index is -0.686. The smallest absolute Gasteiger partial charge is 0.343 e. The van der Waals surface area contributed by atoms with Gasteiger partial charge in [-0.2, -0.15) is 5.10 Å². The molecule has 1 N–H and O–H groups in total. The van der Waals surface area contributed by atoms with Crippen molar-refractivity contribution >= 4 is 47.3 Å². The van der Waals surface area contributed by atoms with E-state index in [4.69, 9.17) is 42.1 Å². The van der Waals surface area contributed by atoms with Crippen LogP contribution in [0.4, 0.5) is 0 Å². The van der Waals surface area contributed by atoms with Crippen LogP contribution in [0.3, 0.4) is 0 Å². The third-order valence-electron chi connectivity index (χ3n) is 5.38. The average molecular weight is 593 g/mol. The number of hydrogen-bond donors (Lipinski definition) is 1. The van der Waals surface area contributed by atoms with Gasteiger partial charge in [-0.3, -0.25) is 4.79 Å². The van der Waals surface area contributed by atoms with Crippen LogP contribution in [-0.2, 0) is 4.79 Å². The van der Waals surface area contributed by atoms with Crippen molar-refractivity contribution in [2.45, 2.75) is 0 Å². The van der Waals surface area contributed by atoms with Gasteiger partial charge in [-0.05, 0) is 84.9 Å². The van der Waals surface area contributed by atoms with E-state index in [2.05, 4.69) is 10.5 Å². The van der Waals surface area contributed by atoms with E-state index in [0.717, 1.165) is 0 Å². The van der Waals surface area contributed by atoms with E-state index in [1.807, 2.05) is 0 Å². The van der Waals surface area contributed by atoms with Crippen molar-refractivity contribution in [1.29, 1.82) is 0 Å². The molecule has 0 aliphatic carbocycles. The molecule has 0 saturated carbocycles. The molecular weight excluding hydrogens is 571 g/mol. The van der Waals surface area contributed by atoms with E-state index in [-0.39, 0.29) is 29.2 Å². The number of benzene rings is 4. The number of amides is 1. The van der Waals surface area contributed by atoms with Gasteiger partial charge in [-0.1, -0.05) is 23.2 Å². The molecule has 4 aromatic rings. The first-order valence-corrected chi connectivity index (χ1v) is 12.7. The Bertz CT molecular complexity index is 1560. The number of carbonyl (C=O) groups is 3. The number of rotatable bonds is 10. The molecule has 208 valence electrons. The van der Waals surface area contributed by atoms with Gasteiger partial charge >= 0.3 is 11.9 Å². The molecule has 0 saturated heterocycles. The molecule has 0 unspecified atom stereocenters. The standard InChI is InChI=1S/C30H22Cl2N2O7/c1-38-24-12-14-25(15-13-24)39-18-28(35)34-33-17-21-6-11-26(40-29(36)19-2-7-22(31)8-3-19)16-27(21)41-30(37)20-4-9-23(32)10-5-20/h2-17H,18H2,1H3,(H,34,35). The normalized spacial score (nSPS) is 10.6. The summed E-state index contributed by atoms with van der Waals surface area (Å²) in [5.41, 5.74) is 3.18. The molecule has 1 amide bonds. The van der Waals surface area contributed by atoms with Gasteiger partial charge in [0, 0.05) is 21.7 Å². The summed E-state index contributed by atoms with van der Waals surface area (Å²) in [5.74, 6) is -0.575. The van der Waals surface area contributed by atoms with E-state index in [1.165, 1.54) is 48.7 Å². The van der Waals surface area contributed by atoms with Crippen molar-refractivity contribution in [2.24, 2.45) is 5.10 Å². The van der Waals surface area contributed by atoms with Crippen LogP contribution in [0.5, 0.6) is 23.0 Å². The van der Waals surface area contributed by atoms with Crippen LogP contribution >= 0.6 is 23.2 Å². The van der Waals surface area contributed by atoms with Gasteiger partial charge in [0.25, 0.3) is 5.91 Å². The number of methoxy groups -OCH3 is 1. The summed E-state index contributed by atoms with van der Waals surface area (Å²) in [6, 6.07) is 23.4. The van der Waals surface area contributed by atoms with E-state index >= 15 is 0 Å². The summed E-state index contributed by atoms with van der Waals surface area (Å²) >= 11 is 11.8. The molecule has 0 radical (unpaired) electrons. The first kappa shape index (κ1) is 29.1. The molecule has 0 heterocycles. The lowest BCUT2D eigenvalue weighted by Crippen LogP contribution is -2.24. The van der Waals surface area contributed by atoms with Crippen molar-refractivity contribution in [3.63, 3.8) is 0 Å². The van der Waals surface area contributed by atoms with Crippen LogP contribution in [0.2, 0.25) is 10.0 Å². The predicted molar refractivity (Wildman–Crippen MR) is 153 cm³/mol. The van der Waals surface area contributed by atoms with Crippen LogP contribution in [-0.4, -0.2) is 37.8 Å². The SMILES string of the molecule is COc1ccc(OCC(=O)NN=Cc2ccc(OC(=O)c3ccc(Cl)cc3)cc2OC(=O)c2ccc(Cl)cc2)cc1. The number of hydrogen-bond acceptors (Lipinski definition) is 8. The van der Waals surface area contributed by atoms with E-state index < -0.39 is 17.8 Å². The summed E-state index contributed by atoms with van der Waals surface area (Å²) in [4.78, 5) is 37.5. The molecule has 4 aromatic carbocycles. The quantitative estimate of drug-likeness (QED) is 0.104. The maximum Gasteiger partial charge on any atom is 0.343 e. The molecule has 0 spiro atoms. The fourth-order valence-corrected chi connectivity index (χ4v) is 3.55. The third-order valence-corrected chi connectivity index (χ3v) is 5.88. The molecular formula is C30H22Cl2N2O7. The van der Waals surface area contributed by atoms with Crippen molar-refractivity contribution in [2.75, 3.05) is 13.7 Å². The highest BCUT2D eigenvalue weighted by Gasteiger charge is 2.15. The predicted octanol–water partition coefficient (Wildman–Crippen LogP) is 5.97. The lowest BCUT2D eigenvalue weighted by molar-refractivity contribution is -0.123. The second kappa shape index (κ2) is 14.0. The third kappa shape index (κ3) is 8.56. The molecule has 4 rings (SSSR count). The summed E-state index contributed by atoms with van der Waals surface area (Å²) in [6.45, 7) is -0.290. The van der Waals surface area contributed by atoms with Crippen molar-refractivity contribution in [3.05, 3.63) is 118 Å². The Labute approximate surface area is 245 Å².